The fourth-order valence-corrected chi connectivity index (χ4v) is 1.99. The van der Waals surface area contributed by atoms with E-state index >= 15 is 0 Å². The van der Waals surface area contributed by atoms with E-state index in [1.807, 2.05) is 0 Å². The quantitative estimate of drug-likeness (QED) is 0.914. The monoisotopic (exact) mass is 306 g/mol. The average molecular weight is 307 g/mol. The number of hydrogen-bond acceptors (Lipinski definition) is 2. The van der Waals surface area contributed by atoms with E-state index in [4.69, 9.17) is 17.3 Å². The maximum atomic E-state index is 13.2. The SMILES string of the molecule is Cc1cc(C(=O)Nc2ccc(Cl)c(C(N)=O)c2)ccc1F. The number of aryl methyl sites for hydroxylation is 1. The van der Waals surface area contributed by atoms with Gasteiger partial charge in [-0.05, 0) is 48.9 Å². The third kappa shape index (κ3) is 3.38. The first-order valence-corrected chi connectivity index (χ1v) is 6.43. The predicted molar refractivity (Wildman–Crippen MR) is 79.1 cm³/mol. The Hall–Kier alpha value is -2.40. The Kier molecular flexibility index (Phi) is 4.23. The first kappa shape index (κ1) is 15.0. The van der Waals surface area contributed by atoms with Crippen LogP contribution in [-0.4, -0.2) is 11.8 Å². The third-order valence-electron chi connectivity index (χ3n) is 2.91. The molecule has 0 radical (unpaired) electrons. The molecule has 108 valence electrons. The summed E-state index contributed by atoms with van der Waals surface area (Å²) >= 11 is 5.83. The Morgan fingerprint density at radius 3 is 2.52 bits per heavy atom. The molecule has 2 aromatic rings. The number of halogens is 2. The highest BCUT2D eigenvalue weighted by Gasteiger charge is 2.11. The topological polar surface area (TPSA) is 72.2 Å². The van der Waals surface area contributed by atoms with Crippen molar-refractivity contribution in [3.63, 3.8) is 0 Å². The molecule has 21 heavy (non-hydrogen) atoms. The predicted octanol–water partition coefficient (Wildman–Crippen LogP) is 3.14. The molecule has 2 aromatic carbocycles. The van der Waals surface area contributed by atoms with E-state index in [1.54, 1.807) is 13.0 Å². The van der Waals surface area contributed by atoms with Crippen molar-refractivity contribution < 1.29 is 14.0 Å². The van der Waals surface area contributed by atoms with E-state index in [9.17, 15) is 14.0 Å². The Balaban J connectivity index is 2.25. The number of nitrogens with one attached hydrogen (secondary N) is 1. The molecule has 2 amide bonds. The van der Waals surface area contributed by atoms with Gasteiger partial charge in [-0.3, -0.25) is 9.59 Å². The summed E-state index contributed by atoms with van der Waals surface area (Å²) in [6.07, 6.45) is 0. The van der Waals surface area contributed by atoms with Gasteiger partial charge in [-0.15, -0.1) is 0 Å². The molecule has 0 aliphatic rings. The second-order valence-corrected chi connectivity index (χ2v) is 4.88. The summed E-state index contributed by atoms with van der Waals surface area (Å²) in [5, 5.41) is 2.81. The van der Waals surface area contributed by atoms with Crippen molar-refractivity contribution in [2.75, 3.05) is 5.32 Å². The summed E-state index contributed by atoms with van der Waals surface area (Å²) in [4.78, 5) is 23.3. The van der Waals surface area contributed by atoms with Gasteiger partial charge in [0, 0.05) is 11.3 Å². The van der Waals surface area contributed by atoms with Crippen LogP contribution in [0, 0.1) is 12.7 Å². The Morgan fingerprint density at radius 2 is 1.90 bits per heavy atom. The van der Waals surface area contributed by atoms with Gasteiger partial charge in [-0.1, -0.05) is 11.6 Å². The molecule has 0 bridgehead atoms. The number of hydrogen-bond donors (Lipinski definition) is 2. The van der Waals surface area contributed by atoms with Gasteiger partial charge < -0.3 is 11.1 Å². The van der Waals surface area contributed by atoms with Crippen LogP contribution < -0.4 is 11.1 Å². The molecule has 2 rings (SSSR count). The average Bonchev–Trinajstić information content (AvgIpc) is 2.43. The number of carbonyl (C=O) groups excluding carboxylic acids is 2. The highest BCUT2D eigenvalue weighted by Crippen LogP contribution is 2.21. The van der Waals surface area contributed by atoms with E-state index in [-0.39, 0.29) is 16.4 Å². The summed E-state index contributed by atoms with van der Waals surface area (Å²) in [5.41, 5.74) is 6.36. The zero-order chi connectivity index (χ0) is 15.6. The first-order chi connectivity index (χ1) is 9.88. The van der Waals surface area contributed by atoms with Gasteiger partial charge in [-0.2, -0.15) is 0 Å². The molecule has 0 saturated carbocycles. The number of anilines is 1. The van der Waals surface area contributed by atoms with Crippen LogP contribution in [-0.2, 0) is 0 Å². The van der Waals surface area contributed by atoms with Gasteiger partial charge in [0.15, 0.2) is 0 Å². The Labute approximate surface area is 125 Å². The van der Waals surface area contributed by atoms with E-state index in [0.29, 0.717) is 16.8 Å². The number of primary amides is 1. The van der Waals surface area contributed by atoms with Crippen LogP contribution in [0.3, 0.4) is 0 Å². The molecule has 0 saturated heterocycles. The van der Waals surface area contributed by atoms with Crippen molar-refractivity contribution in [2.45, 2.75) is 6.92 Å². The van der Waals surface area contributed by atoms with Gasteiger partial charge in [0.2, 0.25) is 5.91 Å². The summed E-state index contributed by atoms with van der Waals surface area (Å²) in [6.45, 7) is 1.57. The first-order valence-electron chi connectivity index (χ1n) is 6.05. The number of carbonyl (C=O) groups is 2. The number of benzene rings is 2. The second kappa shape index (κ2) is 5.93. The van der Waals surface area contributed by atoms with Gasteiger partial charge in [0.05, 0.1) is 10.6 Å². The minimum absolute atomic E-state index is 0.116. The zero-order valence-electron chi connectivity index (χ0n) is 11.1. The van der Waals surface area contributed by atoms with Crippen LogP contribution >= 0.6 is 11.6 Å². The Bertz CT molecular complexity index is 732. The van der Waals surface area contributed by atoms with Crippen LogP contribution in [0.5, 0.6) is 0 Å². The number of nitrogens with two attached hydrogens (primary N) is 1. The van der Waals surface area contributed by atoms with Gasteiger partial charge in [-0.25, -0.2) is 4.39 Å². The molecule has 0 aromatic heterocycles. The van der Waals surface area contributed by atoms with Crippen molar-refractivity contribution in [1.29, 1.82) is 0 Å². The van der Waals surface area contributed by atoms with Crippen LogP contribution in [0.25, 0.3) is 0 Å². The summed E-state index contributed by atoms with van der Waals surface area (Å²) in [5.74, 6) is -1.49. The van der Waals surface area contributed by atoms with Crippen LogP contribution in [0.1, 0.15) is 26.3 Å². The minimum atomic E-state index is -0.686. The van der Waals surface area contributed by atoms with Gasteiger partial charge >= 0.3 is 0 Å². The zero-order valence-corrected chi connectivity index (χ0v) is 11.9. The maximum absolute atomic E-state index is 13.2. The number of amides is 2. The van der Waals surface area contributed by atoms with Crippen LogP contribution in [0.4, 0.5) is 10.1 Å². The molecule has 0 aliphatic heterocycles. The van der Waals surface area contributed by atoms with E-state index in [1.165, 1.54) is 30.3 Å². The molecular formula is C15H12ClFN2O2. The van der Waals surface area contributed by atoms with Crippen LogP contribution in [0.2, 0.25) is 5.02 Å². The van der Waals surface area contributed by atoms with Crippen molar-refractivity contribution in [3.05, 3.63) is 63.9 Å². The molecule has 0 heterocycles. The summed E-state index contributed by atoms with van der Waals surface area (Å²) in [7, 11) is 0. The molecule has 0 aliphatic carbocycles. The third-order valence-corrected chi connectivity index (χ3v) is 3.24. The standard InChI is InChI=1S/C15H12ClFN2O2/c1-8-6-9(2-5-13(8)17)15(21)19-10-3-4-12(16)11(7-10)14(18)20/h2-7H,1H3,(H2,18,20)(H,19,21). The smallest absolute Gasteiger partial charge is 0.255 e. The minimum Gasteiger partial charge on any atom is -0.366 e. The number of rotatable bonds is 3. The fourth-order valence-electron chi connectivity index (χ4n) is 1.78. The lowest BCUT2D eigenvalue weighted by molar-refractivity contribution is 0.0996. The second-order valence-electron chi connectivity index (χ2n) is 4.48. The maximum Gasteiger partial charge on any atom is 0.255 e. The molecular weight excluding hydrogens is 295 g/mol. The molecule has 0 unspecified atom stereocenters. The van der Waals surface area contributed by atoms with Crippen molar-refractivity contribution in [3.8, 4) is 0 Å². The molecule has 0 atom stereocenters. The molecule has 3 N–H and O–H groups in total. The van der Waals surface area contributed by atoms with E-state index in [2.05, 4.69) is 5.32 Å². The Morgan fingerprint density at radius 1 is 1.19 bits per heavy atom. The highest BCUT2D eigenvalue weighted by atomic mass is 35.5. The molecule has 6 heteroatoms. The summed E-state index contributed by atoms with van der Waals surface area (Å²) < 4.78 is 13.2. The lowest BCUT2D eigenvalue weighted by atomic mass is 10.1. The van der Waals surface area contributed by atoms with E-state index < -0.39 is 11.8 Å². The summed E-state index contributed by atoms with van der Waals surface area (Å²) in [6, 6.07) is 8.44. The van der Waals surface area contributed by atoms with Crippen molar-refractivity contribution >= 4 is 29.1 Å². The van der Waals surface area contributed by atoms with Gasteiger partial charge in [0.25, 0.3) is 5.91 Å². The molecule has 0 fully saturated rings. The molecule has 0 spiro atoms. The van der Waals surface area contributed by atoms with Crippen LogP contribution in [0.15, 0.2) is 36.4 Å². The van der Waals surface area contributed by atoms with Gasteiger partial charge in [0.1, 0.15) is 5.82 Å². The molecule has 4 nitrogen and oxygen atoms in total. The van der Waals surface area contributed by atoms with E-state index in [0.717, 1.165) is 0 Å². The highest BCUT2D eigenvalue weighted by molar-refractivity contribution is 6.34. The normalized spacial score (nSPS) is 10.2. The van der Waals surface area contributed by atoms with Crippen molar-refractivity contribution in [2.24, 2.45) is 5.73 Å². The largest absolute Gasteiger partial charge is 0.366 e. The lowest BCUT2D eigenvalue weighted by Crippen LogP contribution is -2.15. The lowest BCUT2D eigenvalue weighted by Gasteiger charge is -2.08. The fraction of sp³-hybridized carbons (Fsp3) is 0.0667. The van der Waals surface area contributed by atoms with Crippen molar-refractivity contribution in [1.82, 2.24) is 0 Å².